The molecule has 0 N–H and O–H groups in total. The van der Waals surface area contributed by atoms with E-state index in [4.69, 9.17) is 0 Å². The van der Waals surface area contributed by atoms with E-state index in [1.807, 2.05) is 0 Å². The molecule has 1 heterocycles. The Labute approximate surface area is 233 Å². The molecular formula is C38H26N2. The fourth-order valence-electron chi connectivity index (χ4n) is 6.20. The maximum atomic E-state index is 2.39. The molecule has 0 aliphatic rings. The van der Waals surface area contributed by atoms with E-state index in [0.29, 0.717) is 0 Å². The van der Waals surface area contributed by atoms with Gasteiger partial charge in [0, 0.05) is 33.2 Å². The Balaban J connectivity index is 1.41. The van der Waals surface area contributed by atoms with Gasteiger partial charge < -0.3 is 9.47 Å². The molecule has 2 nitrogen and oxygen atoms in total. The van der Waals surface area contributed by atoms with Crippen LogP contribution in [0, 0.1) is 0 Å². The van der Waals surface area contributed by atoms with Crippen molar-refractivity contribution in [1.82, 2.24) is 4.57 Å². The van der Waals surface area contributed by atoms with Crippen molar-refractivity contribution in [2.24, 2.45) is 0 Å². The first-order valence-electron chi connectivity index (χ1n) is 13.7. The molecule has 0 bridgehead atoms. The fraction of sp³-hybridized carbons (Fsp3) is 0. The summed E-state index contributed by atoms with van der Waals surface area (Å²) in [5.41, 5.74) is 6.97. The summed E-state index contributed by atoms with van der Waals surface area (Å²) in [5, 5.41) is 7.53. The number of para-hydroxylation sites is 3. The van der Waals surface area contributed by atoms with E-state index in [1.165, 1.54) is 49.0 Å². The Morgan fingerprint density at radius 2 is 0.925 bits per heavy atom. The van der Waals surface area contributed by atoms with E-state index in [0.717, 1.165) is 17.1 Å². The molecule has 0 aliphatic heterocycles. The van der Waals surface area contributed by atoms with Crippen LogP contribution < -0.4 is 4.90 Å². The summed E-state index contributed by atoms with van der Waals surface area (Å²) in [6.07, 6.45) is 0. The second-order valence-corrected chi connectivity index (χ2v) is 10.2. The van der Waals surface area contributed by atoms with Crippen molar-refractivity contribution in [2.75, 3.05) is 4.90 Å². The first kappa shape index (κ1) is 22.6. The standard InChI is InChI=1S/C38H26N2/c1-2-14-28(15-3-1)39(38-25-27-13-4-5-18-31(27)32-19-6-7-20-33(32)38)29-16-12-17-30(26-29)40-36-23-10-8-21-34(36)35-22-9-11-24-37(35)40/h1-26H. The van der Waals surface area contributed by atoms with Crippen LogP contribution in [0.25, 0.3) is 49.0 Å². The number of fused-ring (bicyclic) bond motifs is 6. The van der Waals surface area contributed by atoms with Crippen LogP contribution >= 0.6 is 0 Å². The molecule has 8 aromatic rings. The highest BCUT2D eigenvalue weighted by molar-refractivity contribution is 6.14. The Morgan fingerprint density at radius 1 is 0.375 bits per heavy atom. The molecule has 0 aliphatic carbocycles. The van der Waals surface area contributed by atoms with Gasteiger partial charge in [0.2, 0.25) is 0 Å². The van der Waals surface area contributed by atoms with E-state index in [-0.39, 0.29) is 0 Å². The minimum Gasteiger partial charge on any atom is -0.310 e. The quantitative estimate of drug-likeness (QED) is 0.214. The zero-order valence-corrected chi connectivity index (χ0v) is 21.9. The van der Waals surface area contributed by atoms with Crippen LogP contribution in [0.15, 0.2) is 158 Å². The molecule has 0 unspecified atom stereocenters. The number of aromatic nitrogens is 1. The molecule has 0 saturated heterocycles. The number of hydrogen-bond acceptors (Lipinski definition) is 1. The lowest BCUT2D eigenvalue weighted by Gasteiger charge is -2.28. The van der Waals surface area contributed by atoms with Crippen molar-refractivity contribution in [3.63, 3.8) is 0 Å². The van der Waals surface area contributed by atoms with Crippen molar-refractivity contribution in [2.45, 2.75) is 0 Å². The minimum absolute atomic E-state index is 1.12. The lowest BCUT2D eigenvalue weighted by atomic mass is 9.99. The Morgan fingerprint density at radius 3 is 1.65 bits per heavy atom. The molecule has 7 aromatic carbocycles. The van der Waals surface area contributed by atoms with Gasteiger partial charge in [-0.05, 0) is 64.7 Å². The molecule has 40 heavy (non-hydrogen) atoms. The van der Waals surface area contributed by atoms with Gasteiger partial charge in [-0.15, -0.1) is 0 Å². The molecule has 188 valence electrons. The van der Waals surface area contributed by atoms with Gasteiger partial charge in [0.15, 0.2) is 0 Å². The van der Waals surface area contributed by atoms with Crippen molar-refractivity contribution >= 4 is 60.4 Å². The second kappa shape index (κ2) is 9.14. The Hall–Kier alpha value is -5.34. The summed E-state index contributed by atoms with van der Waals surface area (Å²) in [6, 6.07) is 56.7. The van der Waals surface area contributed by atoms with Gasteiger partial charge >= 0.3 is 0 Å². The van der Waals surface area contributed by atoms with E-state index >= 15 is 0 Å². The molecular weight excluding hydrogens is 484 g/mol. The molecule has 0 atom stereocenters. The summed E-state index contributed by atoms with van der Waals surface area (Å²) in [5.74, 6) is 0. The molecule has 1 aromatic heterocycles. The highest BCUT2D eigenvalue weighted by atomic mass is 15.1. The van der Waals surface area contributed by atoms with Gasteiger partial charge in [-0.25, -0.2) is 0 Å². The lowest BCUT2D eigenvalue weighted by molar-refractivity contribution is 1.17. The average molecular weight is 511 g/mol. The van der Waals surface area contributed by atoms with Crippen LogP contribution in [-0.2, 0) is 0 Å². The maximum absolute atomic E-state index is 2.39. The largest absolute Gasteiger partial charge is 0.310 e. The molecule has 0 radical (unpaired) electrons. The highest BCUT2D eigenvalue weighted by Crippen LogP contribution is 2.42. The zero-order valence-electron chi connectivity index (χ0n) is 21.9. The zero-order chi connectivity index (χ0) is 26.5. The summed E-state index contributed by atoms with van der Waals surface area (Å²) < 4.78 is 2.38. The first-order chi connectivity index (χ1) is 19.9. The van der Waals surface area contributed by atoms with Gasteiger partial charge in [-0.3, -0.25) is 0 Å². The molecule has 0 spiro atoms. The number of nitrogens with zero attached hydrogens (tertiary/aromatic N) is 2. The summed E-state index contributed by atoms with van der Waals surface area (Å²) >= 11 is 0. The van der Waals surface area contributed by atoms with Gasteiger partial charge in [0.1, 0.15) is 0 Å². The maximum Gasteiger partial charge on any atom is 0.0546 e. The highest BCUT2D eigenvalue weighted by Gasteiger charge is 2.18. The Kier molecular flexibility index (Phi) is 5.17. The summed E-state index contributed by atoms with van der Waals surface area (Å²) in [4.78, 5) is 2.39. The van der Waals surface area contributed by atoms with Gasteiger partial charge in [0.25, 0.3) is 0 Å². The molecule has 8 rings (SSSR count). The van der Waals surface area contributed by atoms with E-state index < -0.39 is 0 Å². The summed E-state index contributed by atoms with van der Waals surface area (Å²) in [6.45, 7) is 0. The lowest BCUT2D eigenvalue weighted by Crippen LogP contribution is -2.11. The monoisotopic (exact) mass is 510 g/mol. The average Bonchev–Trinajstić information content (AvgIpc) is 3.36. The predicted octanol–water partition coefficient (Wildman–Crippen LogP) is 10.6. The number of hydrogen-bond donors (Lipinski definition) is 0. The van der Waals surface area contributed by atoms with Crippen LogP contribution in [0.5, 0.6) is 0 Å². The fourth-order valence-corrected chi connectivity index (χ4v) is 6.20. The smallest absolute Gasteiger partial charge is 0.0546 e. The number of rotatable bonds is 4. The summed E-state index contributed by atoms with van der Waals surface area (Å²) in [7, 11) is 0. The third-order valence-electron chi connectivity index (χ3n) is 7.93. The third kappa shape index (κ3) is 3.50. The molecule has 0 saturated carbocycles. The first-order valence-corrected chi connectivity index (χ1v) is 13.7. The van der Waals surface area contributed by atoms with Gasteiger partial charge in [0.05, 0.1) is 16.7 Å². The van der Waals surface area contributed by atoms with Crippen molar-refractivity contribution < 1.29 is 0 Å². The second-order valence-electron chi connectivity index (χ2n) is 10.2. The topological polar surface area (TPSA) is 8.17 Å². The van der Waals surface area contributed by atoms with Crippen molar-refractivity contribution in [3.05, 3.63) is 158 Å². The SMILES string of the molecule is c1ccc(N(c2cccc(-n3c4ccccc4c4ccccc43)c2)c2cc3ccccc3c3ccccc23)cc1. The van der Waals surface area contributed by atoms with Crippen LogP contribution in [0.4, 0.5) is 17.1 Å². The molecule has 2 heteroatoms. The van der Waals surface area contributed by atoms with Gasteiger partial charge in [-0.2, -0.15) is 0 Å². The van der Waals surface area contributed by atoms with Crippen LogP contribution in [0.2, 0.25) is 0 Å². The third-order valence-corrected chi connectivity index (χ3v) is 7.93. The van der Waals surface area contributed by atoms with Crippen LogP contribution in [0.3, 0.4) is 0 Å². The van der Waals surface area contributed by atoms with Gasteiger partial charge in [-0.1, -0.05) is 109 Å². The van der Waals surface area contributed by atoms with Crippen molar-refractivity contribution in [1.29, 1.82) is 0 Å². The molecule has 0 fully saturated rings. The van der Waals surface area contributed by atoms with E-state index in [2.05, 4.69) is 167 Å². The van der Waals surface area contributed by atoms with Crippen LogP contribution in [0.1, 0.15) is 0 Å². The van der Waals surface area contributed by atoms with Crippen molar-refractivity contribution in [3.8, 4) is 5.69 Å². The minimum atomic E-state index is 1.12. The van der Waals surface area contributed by atoms with E-state index in [9.17, 15) is 0 Å². The molecule has 0 amide bonds. The predicted molar refractivity (Wildman–Crippen MR) is 170 cm³/mol. The number of benzene rings is 7. The van der Waals surface area contributed by atoms with Crippen LogP contribution in [-0.4, -0.2) is 4.57 Å². The number of anilines is 3. The normalized spacial score (nSPS) is 11.5. The van der Waals surface area contributed by atoms with E-state index in [1.54, 1.807) is 0 Å². The Bertz CT molecular complexity index is 2120.